The van der Waals surface area contributed by atoms with Crippen molar-refractivity contribution in [2.45, 2.75) is 6.92 Å². The van der Waals surface area contributed by atoms with Crippen molar-refractivity contribution in [1.29, 1.82) is 0 Å². The molecule has 0 aromatic heterocycles. The summed E-state index contributed by atoms with van der Waals surface area (Å²) in [6, 6.07) is 8.48. The highest BCUT2D eigenvalue weighted by molar-refractivity contribution is 9.13. The van der Waals surface area contributed by atoms with Crippen LogP contribution in [0, 0.1) is 6.92 Å². The van der Waals surface area contributed by atoms with Gasteiger partial charge in [-0.2, -0.15) is 0 Å². The molecule has 0 radical (unpaired) electrons. The summed E-state index contributed by atoms with van der Waals surface area (Å²) in [6.45, 7) is 2.10. The minimum absolute atomic E-state index is 1.07. The molecular weight excluding hydrogens is 372 g/mol. The van der Waals surface area contributed by atoms with Gasteiger partial charge in [0.25, 0.3) is 0 Å². The molecule has 2 aromatic rings. The quantitative estimate of drug-likeness (QED) is 0.536. The lowest BCUT2D eigenvalue weighted by atomic mass is 10.1. The van der Waals surface area contributed by atoms with Crippen LogP contribution in [-0.2, 0) is 0 Å². The van der Waals surface area contributed by atoms with E-state index in [4.69, 9.17) is 0 Å². The summed E-state index contributed by atoms with van der Waals surface area (Å²) in [6.07, 6.45) is 0. The van der Waals surface area contributed by atoms with E-state index in [1.807, 2.05) is 0 Å². The van der Waals surface area contributed by atoms with Crippen LogP contribution in [0.25, 0.3) is 10.8 Å². The molecule has 0 bridgehead atoms. The van der Waals surface area contributed by atoms with E-state index in [2.05, 4.69) is 79.0 Å². The van der Waals surface area contributed by atoms with Crippen molar-refractivity contribution in [2.75, 3.05) is 0 Å². The highest BCUT2D eigenvalue weighted by atomic mass is 79.9. The van der Waals surface area contributed by atoms with Crippen LogP contribution < -0.4 is 0 Å². The highest BCUT2D eigenvalue weighted by Crippen LogP contribution is 2.36. The number of fused-ring (bicyclic) bond motifs is 1. The summed E-state index contributed by atoms with van der Waals surface area (Å²) in [5.74, 6) is 0. The van der Waals surface area contributed by atoms with Gasteiger partial charge in [-0.25, -0.2) is 0 Å². The molecule has 0 aliphatic rings. The van der Waals surface area contributed by atoms with Crippen molar-refractivity contribution in [3.8, 4) is 0 Å². The summed E-state index contributed by atoms with van der Waals surface area (Å²) < 4.78 is 3.29. The molecule has 0 amide bonds. The molecule has 14 heavy (non-hydrogen) atoms. The first-order chi connectivity index (χ1) is 6.59. The molecule has 72 valence electrons. The fourth-order valence-electron chi connectivity index (χ4n) is 1.43. The average molecular weight is 379 g/mol. The first-order valence-corrected chi connectivity index (χ1v) is 6.51. The van der Waals surface area contributed by atoms with Crippen LogP contribution >= 0.6 is 47.8 Å². The topological polar surface area (TPSA) is 0 Å². The lowest BCUT2D eigenvalue weighted by Gasteiger charge is -2.06. The second-order valence-corrected chi connectivity index (χ2v) is 5.70. The molecule has 0 N–H and O–H groups in total. The lowest BCUT2D eigenvalue weighted by Crippen LogP contribution is -1.80. The van der Waals surface area contributed by atoms with E-state index in [-0.39, 0.29) is 0 Å². The van der Waals surface area contributed by atoms with Gasteiger partial charge in [0, 0.05) is 13.4 Å². The van der Waals surface area contributed by atoms with Gasteiger partial charge in [-0.1, -0.05) is 39.7 Å². The van der Waals surface area contributed by atoms with E-state index in [0.717, 1.165) is 13.4 Å². The fourth-order valence-corrected chi connectivity index (χ4v) is 3.19. The van der Waals surface area contributed by atoms with E-state index in [1.54, 1.807) is 0 Å². The number of hydrogen-bond donors (Lipinski definition) is 0. The molecular formula is C11H7Br3. The Morgan fingerprint density at radius 3 is 2.29 bits per heavy atom. The van der Waals surface area contributed by atoms with Crippen molar-refractivity contribution in [3.05, 3.63) is 43.2 Å². The summed E-state index contributed by atoms with van der Waals surface area (Å²) in [4.78, 5) is 0. The summed E-state index contributed by atoms with van der Waals surface area (Å²) in [5.41, 5.74) is 1.27. The van der Waals surface area contributed by atoms with Gasteiger partial charge < -0.3 is 0 Å². The molecule has 2 aromatic carbocycles. The predicted molar refractivity (Wildman–Crippen MR) is 71.8 cm³/mol. The van der Waals surface area contributed by atoms with Crippen LogP contribution in [0.2, 0.25) is 0 Å². The zero-order valence-electron chi connectivity index (χ0n) is 7.44. The molecule has 0 aliphatic heterocycles. The molecule has 0 heterocycles. The Kier molecular flexibility index (Phi) is 3.01. The molecule has 2 rings (SSSR count). The molecule has 0 atom stereocenters. The van der Waals surface area contributed by atoms with Crippen LogP contribution in [0.1, 0.15) is 5.56 Å². The minimum Gasteiger partial charge on any atom is -0.0586 e. The lowest BCUT2D eigenvalue weighted by molar-refractivity contribution is 1.49. The van der Waals surface area contributed by atoms with E-state index in [9.17, 15) is 0 Å². The van der Waals surface area contributed by atoms with Crippen molar-refractivity contribution in [3.63, 3.8) is 0 Å². The maximum Gasteiger partial charge on any atom is 0.0396 e. The maximum absolute atomic E-state index is 3.57. The van der Waals surface area contributed by atoms with Gasteiger partial charge in [-0.05, 0) is 55.6 Å². The number of rotatable bonds is 0. The third-order valence-electron chi connectivity index (χ3n) is 2.13. The smallest absolute Gasteiger partial charge is 0.0396 e. The third kappa shape index (κ3) is 1.77. The SMILES string of the molecule is Cc1ccc2c(Br)c(Br)cc(Br)c2c1. The Bertz CT molecular complexity index is 503. The van der Waals surface area contributed by atoms with Crippen LogP contribution in [0.3, 0.4) is 0 Å². The second kappa shape index (κ2) is 3.95. The van der Waals surface area contributed by atoms with E-state index in [0.29, 0.717) is 0 Å². The van der Waals surface area contributed by atoms with Crippen LogP contribution in [0.15, 0.2) is 37.7 Å². The monoisotopic (exact) mass is 376 g/mol. The third-order valence-corrected chi connectivity index (χ3v) is 4.80. The Morgan fingerprint density at radius 1 is 0.857 bits per heavy atom. The Balaban J connectivity index is 2.94. The van der Waals surface area contributed by atoms with Gasteiger partial charge in [0.2, 0.25) is 0 Å². The highest BCUT2D eigenvalue weighted by Gasteiger charge is 2.06. The van der Waals surface area contributed by atoms with Crippen LogP contribution in [0.5, 0.6) is 0 Å². The molecule has 0 nitrogen and oxygen atoms in total. The standard InChI is InChI=1S/C11H7Br3/c1-6-2-3-7-8(4-6)9(12)5-10(13)11(7)14/h2-5H,1H3. The summed E-state index contributed by atoms with van der Waals surface area (Å²) in [7, 11) is 0. The number of halogens is 3. The zero-order chi connectivity index (χ0) is 10.3. The van der Waals surface area contributed by atoms with Crippen molar-refractivity contribution in [1.82, 2.24) is 0 Å². The zero-order valence-corrected chi connectivity index (χ0v) is 12.2. The largest absolute Gasteiger partial charge is 0.0586 e. The van der Waals surface area contributed by atoms with Crippen LogP contribution in [0.4, 0.5) is 0 Å². The normalized spacial score (nSPS) is 10.9. The fraction of sp³-hybridized carbons (Fsp3) is 0.0909. The summed E-state index contributed by atoms with van der Waals surface area (Å²) in [5, 5.41) is 2.46. The molecule has 3 heteroatoms. The Morgan fingerprint density at radius 2 is 1.57 bits per heavy atom. The molecule has 0 aliphatic carbocycles. The van der Waals surface area contributed by atoms with Gasteiger partial charge in [0.05, 0.1) is 0 Å². The maximum atomic E-state index is 3.57. The van der Waals surface area contributed by atoms with Gasteiger partial charge >= 0.3 is 0 Å². The Hall–Kier alpha value is 0.140. The van der Waals surface area contributed by atoms with Gasteiger partial charge in [-0.3, -0.25) is 0 Å². The van der Waals surface area contributed by atoms with Crippen molar-refractivity contribution in [2.24, 2.45) is 0 Å². The first-order valence-electron chi connectivity index (χ1n) is 4.13. The number of aryl methyl sites for hydroxylation is 1. The predicted octanol–water partition coefficient (Wildman–Crippen LogP) is 5.44. The van der Waals surface area contributed by atoms with Gasteiger partial charge in [0.15, 0.2) is 0 Å². The Labute approximate surface area is 108 Å². The van der Waals surface area contributed by atoms with Gasteiger partial charge in [0.1, 0.15) is 0 Å². The van der Waals surface area contributed by atoms with Gasteiger partial charge in [-0.15, -0.1) is 0 Å². The van der Waals surface area contributed by atoms with E-state index in [1.165, 1.54) is 16.3 Å². The van der Waals surface area contributed by atoms with E-state index >= 15 is 0 Å². The second-order valence-electron chi connectivity index (χ2n) is 3.20. The molecule has 0 fully saturated rings. The number of hydrogen-bond acceptors (Lipinski definition) is 0. The molecule has 0 spiro atoms. The van der Waals surface area contributed by atoms with Crippen molar-refractivity contribution >= 4 is 58.6 Å². The molecule has 0 saturated heterocycles. The average Bonchev–Trinajstić information content (AvgIpc) is 2.14. The van der Waals surface area contributed by atoms with Crippen molar-refractivity contribution < 1.29 is 0 Å². The number of benzene rings is 2. The first kappa shape index (κ1) is 10.7. The van der Waals surface area contributed by atoms with E-state index < -0.39 is 0 Å². The molecule has 0 unspecified atom stereocenters. The minimum atomic E-state index is 1.07. The van der Waals surface area contributed by atoms with Crippen LogP contribution in [-0.4, -0.2) is 0 Å². The molecule has 0 saturated carbocycles. The summed E-state index contributed by atoms with van der Waals surface area (Å²) >= 11 is 10.6.